The third-order valence-electron chi connectivity index (χ3n) is 5.32. The maximum atomic E-state index is 11.9. The van der Waals surface area contributed by atoms with Crippen LogP contribution in [0.3, 0.4) is 0 Å². The Bertz CT molecular complexity index is 1110. The van der Waals surface area contributed by atoms with Gasteiger partial charge in [0.25, 0.3) is 0 Å². The average Bonchev–Trinajstić information content (AvgIpc) is 2.99. The van der Waals surface area contributed by atoms with Crippen LogP contribution in [0, 0.1) is 0 Å². The van der Waals surface area contributed by atoms with Gasteiger partial charge in [-0.15, -0.1) is 24.8 Å². The minimum absolute atomic E-state index is 0. The number of ketones is 4. The number of rotatable bonds is 12. The van der Waals surface area contributed by atoms with Gasteiger partial charge in [-0.05, 0) is 0 Å². The van der Waals surface area contributed by atoms with Gasteiger partial charge in [-0.1, -0.05) is 0 Å². The number of carbonyl (C=O) groups excluding carboxylic acids is 4. The Morgan fingerprint density at radius 3 is 0.700 bits per heavy atom. The quantitative estimate of drug-likeness (QED) is 0.111. The van der Waals surface area contributed by atoms with Crippen LogP contribution < -0.4 is 0 Å². The summed E-state index contributed by atoms with van der Waals surface area (Å²) < 4.78 is 2.20. The molecule has 4 nitrogen and oxygen atoms in total. The standard InChI is InChI=1S/2C16H14O2Te.2ClH/c2*17-15(13-7-3-1-4-8-13)11-19-12-16(18)14-9-5-2-6-10-14;;/h2*1-10H,11-12H2;2*1H. The normalized spacial score (nSPS) is 9.60. The zero-order valence-corrected chi connectivity index (χ0v) is 27.9. The number of Topliss-reactive ketones (excluding diaryl/α,β-unsaturated/α-hetero) is 4. The second-order valence-corrected chi connectivity index (χ2v) is 13.8. The second kappa shape index (κ2) is 20.6. The molecule has 0 aromatic heterocycles. The van der Waals surface area contributed by atoms with E-state index in [0.29, 0.717) is 17.9 Å². The number of halogens is 2. The van der Waals surface area contributed by atoms with Crippen LogP contribution >= 0.6 is 24.8 Å². The summed E-state index contributed by atoms with van der Waals surface area (Å²) in [7, 11) is 0. The van der Waals surface area contributed by atoms with E-state index >= 15 is 0 Å². The van der Waals surface area contributed by atoms with Crippen LogP contribution in [0.15, 0.2) is 121 Å². The Morgan fingerprint density at radius 2 is 0.525 bits per heavy atom. The van der Waals surface area contributed by atoms with Crippen LogP contribution in [0.5, 0.6) is 0 Å². The van der Waals surface area contributed by atoms with E-state index in [2.05, 4.69) is 0 Å². The molecule has 0 saturated heterocycles. The van der Waals surface area contributed by atoms with Gasteiger partial charge in [0, 0.05) is 0 Å². The molecule has 4 aromatic rings. The second-order valence-electron chi connectivity index (χ2n) is 8.14. The molecule has 0 bridgehead atoms. The summed E-state index contributed by atoms with van der Waals surface area (Å²) in [5, 5.41) is 0. The predicted octanol–water partition coefficient (Wildman–Crippen LogP) is 7.43. The van der Waals surface area contributed by atoms with Gasteiger partial charge in [0.2, 0.25) is 0 Å². The van der Waals surface area contributed by atoms with Crippen molar-refractivity contribution in [2.75, 3.05) is 0 Å². The van der Waals surface area contributed by atoms with Crippen molar-refractivity contribution in [3.63, 3.8) is 0 Å². The van der Waals surface area contributed by atoms with Gasteiger partial charge in [-0.25, -0.2) is 0 Å². The molecule has 0 radical (unpaired) electrons. The third kappa shape index (κ3) is 12.9. The van der Waals surface area contributed by atoms with Crippen LogP contribution in [0.25, 0.3) is 0 Å². The minimum atomic E-state index is -0.589. The number of carbonyl (C=O) groups is 4. The van der Waals surface area contributed by atoms with E-state index in [4.69, 9.17) is 0 Å². The summed E-state index contributed by atoms with van der Waals surface area (Å²) in [6.45, 7) is 0. The monoisotopic (exact) mass is 808 g/mol. The van der Waals surface area contributed by atoms with Crippen molar-refractivity contribution in [3.8, 4) is 0 Å². The topological polar surface area (TPSA) is 68.3 Å². The van der Waals surface area contributed by atoms with Gasteiger partial charge >= 0.3 is 246 Å². The summed E-state index contributed by atoms with van der Waals surface area (Å²) in [5.41, 5.74) is 3.00. The van der Waals surface area contributed by atoms with Crippen LogP contribution in [0.1, 0.15) is 41.4 Å². The first-order chi connectivity index (χ1) is 18.5. The van der Waals surface area contributed by atoms with Crippen LogP contribution in [0.4, 0.5) is 0 Å². The van der Waals surface area contributed by atoms with E-state index in [0.717, 1.165) is 22.3 Å². The fourth-order valence-corrected chi connectivity index (χ4v) is 7.90. The van der Waals surface area contributed by atoms with Gasteiger partial charge in [-0.2, -0.15) is 0 Å². The molecule has 0 fully saturated rings. The first-order valence-electron chi connectivity index (χ1n) is 12.0. The first-order valence-corrected chi connectivity index (χ1v) is 18.6. The van der Waals surface area contributed by atoms with E-state index in [1.54, 1.807) is 0 Å². The molecule has 0 aliphatic carbocycles. The zero-order valence-electron chi connectivity index (χ0n) is 21.6. The predicted molar refractivity (Wildman–Crippen MR) is 168 cm³/mol. The summed E-state index contributed by atoms with van der Waals surface area (Å²) in [4.78, 5) is 47.5. The Balaban J connectivity index is 0.000000381. The Hall–Kier alpha value is -2.28. The van der Waals surface area contributed by atoms with Gasteiger partial charge in [0.1, 0.15) is 0 Å². The molecule has 0 saturated carbocycles. The molecule has 0 heterocycles. The van der Waals surface area contributed by atoms with Crippen molar-refractivity contribution in [2.24, 2.45) is 0 Å². The zero-order chi connectivity index (χ0) is 27.0. The van der Waals surface area contributed by atoms with Crippen molar-refractivity contribution in [2.45, 2.75) is 17.9 Å². The molecule has 0 atom stereocenters. The molecule has 0 unspecified atom stereocenters. The molecule has 40 heavy (non-hydrogen) atoms. The van der Waals surface area contributed by atoms with Crippen molar-refractivity contribution >= 4 is 89.8 Å². The van der Waals surface area contributed by atoms with Crippen molar-refractivity contribution < 1.29 is 19.2 Å². The van der Waals surface area contributed by atoms with Gasteiger partial charge in [-0.3, -0.25) is 0 Å². The van der Waals surface area contributed by atoms with Gasteiger partial charge in [0.15, 0.2) is 0 Å². The Kier molecular flexibility index (Phi) is 18.4. The summed E-state index contributed by atoms with van der Waals surface area (Å²) in [6.07, 6.45) is 0. The summed E-state index contributed by atoms with van der Waals surface area (Å²) in [6, 6.07) is 37.1. The third-order valence-corrected chi connectivity index (χ3v) is 10.6. The molecule has 0 aliphatic heterocycles. The molecule has 0 N–H and O–H groups in total. The number of benzene rings is 4. The maximum absolute atomic E-state index is 11.9. The van der Waals surface area contributed by atoms with Gasteiger partial charge in [0.05, 0.1) is 0 Å². The molecule has 8 heteroatoms. The van der Waals surface area contributed by atoms with Crippen LogP contribution in [-0.4, -0.2) is 65.0 Å². The Labute approximate surface area is 268 Å². The molecular formula is C32H30Cl2O4Te2. The fourth-order valence-electron chi connectivity index (χ4n) is 3.30. The van der Waals surface area contributed by atoms with Gasteiger partial charge < -0.3 is 0 Å². The van der Waals surface area contributed by atoms with Crippen LogP contribution in [0.2, 0.25) is 17.9 Å². The number of hydrogen-bond acceptors (Lipinski definition) is 4. The molecule has 0 amide bonds. The van der Waals surface area contributed by atoms with Crippen molar-refractivity contribution in [3.05, 3.63) is 144 Å². The van der Waals surface area contributed by atoms with Crippen molar-refractivity contribution in [1.29, 1.82) is 0 Å². The average molecular weight is 805 g/mol. The fraction of sp³-hybridized carbons (Fsp3) is 0.125. The first kappa shape index (κ1) is 35.7. The van der Waals surface area contributed by atoms with E-state index in [1.807, 2.05) is 121 Å². The Morgan fingerprint density at radius 1 is 0.350 bits per heavy atom. The SMILES string of the molecule is Cl.Cl.O=C(C[Te]CC(=O)c1ccccc1)c1ccccc1.O=C(C[Te]CC(=O)c1ccccc1)c1ccccc1. The molecule has 0 spiro atoms. The number of hydrogen-bond donors (Lipinski definition) is 0. The molecule has 0 aliphatic rings. The van der Waals surface area contributed by atoms with Crippen LogP contribution in [-0.2, 0) is 0 Å². The van der Waals surface area contributed by atoms with Crippen molar-refractivity contribution in [1.82, 2.24) is 0 Å². The van der Waals surface area contributed by atoms with E-state index in [-0.39, 0.29) is 47.9 Å². The van der Waals surface area contributed by atoms with E-state index in [1.165, 1.54) is 0 Å². The molecule has 4 aromatic carbocycles. The molecule has 4 rings (SSSR count). The molecule has 208 valence electrons. The van der Waals surface area contributed by atoms with E-state index in [9.17, 15) is 19.2 Å². The molecular weight excluding hydrogens is 774 g/mol. The summed E-state index contributed by atoms with van der Waals surface area (Å²) >= 11 is -1.18. The van der Waals surface area contributed by atoms with E-state index < -0.39 is 41.8 Å². The summed E-state index contributed by atoms with van der Waals surface area (Å²) in [5.74, 6) is 0.625.